The van der Waals surface area contributed by atoms with Crippen LogP contribution in [-0.4, -0.2) is 62.9 Å². The van der Waals surface area contributed by atoms with Gasteiger partial charge in [-0.1, -0.05) is 6.92 Å². The minimum atomic E-state index is -3.66. The van der Waals surface area contributed by atoms with Crippen LogP contribution in [0.5, 0.6) is 5.75 Å². The van der Waals surface area contributed by atoms with E-state index in [2.05, 4.69) is 10.2 Å². The van der Waals surface area contributed by atoms with Gasteiger partial charge in [0.05, 0.1) is 18.1 Å². The van der Waals surface area contributed by atoms with E-state index in [0.717, 1.165) is 0 Å². The third kappa shape index (κ3) is 4.64. The van der Waals surface area contributed by atoms with E-state index in [1.807, 2.05) is 6.92 Å². The normalized spacial score (nSPS) is 18.5. The second-order valence-corrected chi connectivity index (χ2v) is 7.86. The molecule has 0 amide bonds. The molecule has 2 aromatic rings. The summed E-state index contributed by atoms with van der Waals surface area (Å²) in [4.78, 5) is 0.196. The third-order valence-corrected chi connectivity index (χ3v) is 5.99. The molecule has 0 spiro atoms. The van der Waals surface area contributed by atoms with E-state index in [1.165, 1.54) is 16.4 Å². The van der Waals surface area contributed by atoms with Crippen LogP contribution in [0.1, 0.15) is 24.8 Å². The van der Waals surface area contributed by atoms with Crippen molar-refractivity contribution in [2.75, 3.05) is 40.0 Å². The molecule has 27 heavy (non-hydrogen) atoms. The maximum Gasteiger partial charge on any atom is 0.246 e. The van der Waals surface area contributed by atoms with Gasteiger partial charge in [0, 0.05) is 26.6 Å². The fourth-order valence-corrected chi connectivity index (χ4v) is 4.06. The first-order valence-corrected chi connectivity index (χ1v) is 10.1. The zero-order valence-electron chi connectivity index (χ0n) is 15.3. The highest BCUT2D eigenvalue weighted by atomic mass is 32.2. The Morgan fingerprint density at radius 2 is 2.00 bits per heavy atom. The molecular formula is C17H23N3O6S. The Kier molecular flexibility index (Phi) is 6.42. The summed E-state index contributed by atoms with van der Waals surface area (Å²) >= 11 is 0. The van der Waals surface area contributed by atoms with Crippen molar-refractivity contribution in [2.24, 2.45) is 0 Å². The van der Waals surface area contributed by atoms with Crippen molar-refractivity contribution in [1.82, 2.24) is 14.5 Å². The molecule has 1 aromatic heterocycles. The summed E-state index contributed by atoms with van der Waals surface area (Å²) in [7, 11) is -2.07. The number of hydrogen-bond acceptors (Lipinski definition) is 8. The van der Waals surface area contributed by atoms with Crippen LogP contribution in [0.15, 0.2) is 33.6 Å². The molecule has 3 rings (SSSR count). The Morgan fingerprint density at radius 3 is 2.67 bits per heavy atom. The van der Waals surface area contributed by atoms with Crippen molar-refractivity contribution in [3.63, 3.8) is 0 Å². The van der Waals surface area contributed by atoms with Crippen LogP contribution in [-0.2, 0) is 25.9 Å². The summed E-state index contributed by atoms with van der Waals surface area (Å²) in [6.07, 6.45) is 0.0403. The number of nitrogens with zero attached hydrogens (tertiary/aromatic N) is 3. The largest absolute Gasteiger partial charge is 0.491 e. The first kappa shape index (κ1) is 19.7. The number of rotatable bonds is 8. The van der Waals surface area contributed by atoms with Gasteiger partial charge in [-0.3, -0.25) is 0 Å². The van der Waals surface area contributed by atoms with Gasteiger partial charge in [-0.15, -0.1) is 10.2 Å². The van der Waals surface area contributed by atoms with Gasteiger partial charge in [0.1, 0.15) is 18.5 Å². The summed E-state index contributed by atoms with van der Waals surface area (Å²) in [5, 5.41) is 7.87. The van der Waals surface area contributed by atoms with E-state index >= 15 is 0 Å². The molecule has 148 valence electrons. The van der Waals surface area contributed by atoms with Crippen molar-refractivity contribution >= 4 is 10.0 Å². The number of hydrogen-bond donors (Lipinski definition) is 0. The van der Waals surface area contributed by atoms with Crippen LogP contribution >= 0.6 is 0 Å². The molecule has 1 atom stereocenters. The topological polar surface area (TPSA) is 104 Å². The van der Waals surface area contributed by atoms with Gasteiger partial charge in [0.2, 0.25) is 21.8 Å². The molecule has 2 heterocycles. The van der Waals surface area contributed by atoms with E-state index < -0.39 is 16.1 Å². The van der Waals surface area contributed by atoms with E-state index in [9.17, 15) is 8.42 Å². The number of benzene rings is 1. The highest BCUT2D eigenvalue weighted by Crippen LogP contribution is 2.26. The zero-order chi connectivity index (χ0) is 19.3. The molecule has 0 aliphatic carbocycles. The number of aromatic nitrogens is 2. The van der Waals surface area contributed by atoms with Gasteiger partial charge in [0.15, 0.2) is 0 Å². The summed E-state index contributed by atoms with van der Waals surface area (Å²) in [5.74, 6) is 1.38. The smallest absolute Gasteiger partial charge is 0.246 e. The molecule has 0 N–H and O–H groups in total. The van der Waals surface area contributed by atoms with E-state index in [-0.39, 0.29) is 24.6 Å². The second-order valence-electron chi connectivity index (χ2n) is 5.92. The zero-order valence-corrected chi connectivity index (χ0v) is 16.1. The summed E-state index contributed by atoms with van der Waals surface area (Å²) in [6.45, 7) is 3.41. The Balaban J connectivity index is 1.70. The summed E-state index contributed by atoms with van der Waals surface area (Å²) in [5.41, 5.74) is 0. The number of sulfonamides is 1. The Labute approximate surface area is 158 Å². The molecule has 1 fully saturated rings. The van der Waals surface area contributed by atoms with E-state index in [4.69, 9.17) is 18.6 Å². The molecule has 1 aliphatic rings. The summed E-state index contributed by atoms with van der Waals surface area (Å²) in [6, 6.07) is 6.33. The predicted molar refractivity (Wildman–Crippen MR) is 94.9 cm³/mol. The van der Waals surface area contributed by atoms with Crippen molar-refractivity contribution in [3.8, 4) is 5.75 Å². The summed E-state index contributed by atoms with van der Waals surface area (Å²) < 4.78 is 48.8. The van der Waals surface area contributed by atoms with E-state index in [0.29, 0.717) is 37.2 Å². The first-order valence-electron chi connectivity index (χ1n) is 8.70. The molecule has 0 radical (unpaired) electrons. The van der Waals surface area contributed by atoms with Gasteiger partial charge >= 0.3 is 0 Å². The monoisotopic (exact) mass is 397 g/mol. The molecule has 1 aromatic carbocycles. The molecule has 1 aliphatic heterocycles. The van der Waals surface area contributed by atoms with Crippen LogP contribution < -0.4 is 4.74 Å². The molecular weight excluding hydrogens is 374 g/mol. The Morgan fingerprint density at radius 1 is 1.22 bits per heavy atom. The van der Waals surface area contributed by atoms with Gasteiger partial charge in [-0.25, -0.2) is 8.42 Å². The lowest BCUT2D eigenvalue weighted by Crippen LogP contribution is -2.42. The van der Waals surface area contributed by atoms with Crippen LogP contribution in [0.25, 0.3) is 0 Å². The fraction of sp³-hybridized carbons (Fsp3) is 0.529. The second kappa shape index (κ2) is 8.79. The lowest BCUT2D eigenvalue weighted by Gasteiger charge is -2.30. The molecule has 1 saturated heterocycles. The van der Waals surface area contributed by atoms with Crippen molar-refractivity contribution < 1.29 is 27.0 Å². The van der Waals surface area contributed by atoms with Gasteiger partial charge in [-0.05, 0) is 24.3 Å². The quantitative estimate of drug-likeness (QED) is 0.616. The number of methoxy groups -OCH3 is 1. The van der Waals surface area contributed by atoms with Gasteiger partial charge < -0.3 is 18.6 Å². The lowest BCUT2D eigenvalue weighted by atomic mass is 10.3. The number of morpholine rings is 1. The maximum atomic E-state index is 12.9. The number of aryl methyl sites for hydroxylation is 1. The van der Waals surface area contributed by atoms with Crippen molar-refractivity contribution in [2.45, 2.75) is 24.3 Å². The first-order chi connectivity index (χ1) is 13.0. The third-order valence-electron chi connectivity index (χ3n) is 4.11. The highest BCUT2D eigenvalue weighted by Gasteiger charge is 2.34. The standard InChI is InChI=1S/C17H23N3O6S/c1-3-16-18-19-17(26-16)15-12-20(8-9-25-15)27(21,22)14-6-4-13(5-7-14)24-11-10-23-2/h4-7,15H,3,8-12H2,1-2H3/t15-/m0/s1. The van der Waals surface area contributed by atoms with Crippen LogP contribution in [0.3, 0.4) is 0 Å². The molecule has 10 heteroatoms. The van der Waals surface area contributed by atoms with Crippen molar-refractivity contribution in [1.29, 1.82) is 0 Å². The Hall–Kier alpha value is -2.01. The average molecular weight is 397 g/mol. The van der Waals surface area contributed by atoms with E-state index in [1.54, 1.807) is 19.2 Å². The minimum Gasteiger partial charge on any atom is -0.491 e. The molecule has 0 saturated carbocycles. The van der Waals surface area contributed by atoms with Gasteiger partial charge in [-0.2, -0.15) is 4.31 Å². The number of ether oxygens (including phenoxy) is 3. The van der Waals surface area contributed by atoms with Crippen LogP contribution in [0.2, 0.25) is 0 Å². The highest BCUT2D eigenvalue weighted by molar-refractivity contribution is 7.89. The van der Waals surface area contributed by atoms with Crippen LogP contribution in [0, 0.1) is 0 Å². The lowest BCUT2D eigenvalue weighted by molar-refractivity contribution is -0.0177. The maximum absolute atomic E-state index is 12.9. The van der Waals surface area contributed by atoms with Crippen LogP contribution in [0.4, 0.5) is 0 Å². The molecule has 0 unspecified atom stereocenters. The molecule has 0 bridgehead atoms. The van der Waals surface area contributed by atoms with Crippen molar-refractivity contribution in [3.05, 3.63) is 36.0 Å². The predicted octanol–water partition coefficient (Wildman–Crippen LogP) is 1.42. The fourth-order valence-electron chi connectivity index (χ4n) is 2.63. The van der Waals surface area contributed by atoms with Gasteiger partial charge in [0.25, 0.3) is 0 Å². The Bertz CT molecular complexity index is 837. The minimum absolute atomic E-state index is 0.125. The SMILES string of the molecule is CCc1nnc([C@@H]2CN(S(=O)(=O)c3ccc(OCCOC)cc3)CCO2)o1. The average Bonchev–Trinajstić information content (AvgIpc) is 3.18. The molecule has 9 nitrogen and oxygen atoms in total.